The number of phenols is 1. The highest BCUT2D eigenvalue weighted by atomic mass is 127. The van der Waals surface area contributed by atoms with Gasteiger partial charge in [-0.05, 0) is 39.8 Å². The molecule has 0 unspecified atom stereocenters. The molecule has 1 aromatic rings. The lowest BCUT2D eigenvalue weighted by Crippen LogP contribution is -2.05. The van der Waals surface area contributed by atoms with Gasteiger partial charge in [-0.15, -0.1) is 0 Å². The van der Waals surface area contributed by atoms with Crippen LogP contribution in [-0.4, -0.2) is 30.5 Å². The molecule has 4 nitrogen and oxygen atoms in total. The zero-order valence-corrected chi connectivity index (χ0v) is 12.5. The van der Waals surface area contributed by atoms with Gasteiger partial charge in [-0.1, -0.05) is 8.93 Å². The molecule has 0 bridgehead atoms. The van der Waals surface area contributed by atoms with Crippen LogP contribution in [0.15, 0.2) is 12.1 Å². The molecule has 0 fully saturated rings. The fraction of sp³-hybridized carbons (Fsp3) is 0.364. The minimum atomic E-state index is -0.547. The Bertz CT molecular complexity index is 385. The minimum absolute atomic E-state index is 0.117. The van der Waals surface area contributed by atoms with Gasteiger partial charge in [-0.3, -0.25) is 0 Å². The average molecular weight is 368 g/mol. The van der Waals surface area contributed by atoms with Crippen molar-refractivity contribution in [2.45, 2.75) is 6.92 Å². The Morgan fingerprint density at radius 1 is 1.53 bits per heavy atom. The highest BCUT2D eigenvalue weighted by Gasteiger charge is 2.16. The molecular formula is C11H13IO4S. The molecular weight excluding hydrogens is 355 g/mol. The summed E-state index contributed by atoms with van der Waals surface area (Å²) in [5, 5.41) is 9.74. The van der Waals surface area contributed by atoms with E-state index in [1.54, 1.807) is 21.9 Å². The van der Waals surface area contributed by atoms with Crippen LogP contribution >= 0.6 is 30.1 Å². The van der Waals surface area contributed by atoms with Crippen molar-refractivity contribution in [3.63, 3.8) is 0 Å². The molecule has 1 aromatic carbocycles. The summed E-state index contributed by atoms with van der Waals surface area (Å²) in [7, 11) is 2.93. The van der Waals surface area contributed by atoms with Crippen LogP contribution in [0.3, 0.4) is 0 Å². The second-order valence-corrected chi connectivity index (χ2v) is 5.78. The maximum Gasteiger partial charge on any atom is 0.341 e. The summed E-state index contributed by atoms with van der Waals surface area (Å²) >= 11 is 2.19. The SMILES string of the molecule is COC(=O)c1c(C)cc(OCCSI)cc1O. The molecule has 0 saturated carbocycles. The number of hydrogen-bond acceptors (Lipinski definition) is 5. The van der Waals surface area contributed by atoms with E-state index in [0.29, 0.717) is 17.9 Å². The van der Waals surface area contributed by atoms with Crippen LogP contribution in [0.25, 0.3) is 0 Å². The molecule has 0 aromatic heterocycles. The van der Waals surface area contributed by atoms with E-state index in [-0.39, 0.29) is 11.3 Å². The van der Waals surface area contributed by atoms with Crippen molar-refractivity contribution in [2.75, 3.05) is 19.5 Å². The Balaban J connectivity index is 2.89. The number of carbonyl (C=O) groups excluding carboxylic acids is 1. The number of benzene rings is 1. The second-order valence-electron chi connectivity index (χ2n) is 3.29. The third-order valence-electron chi connectivity index (χ3n) is 2.11. The van der Waals surface area contributed by atoms with Gasteiger partial charge in [-0.25, -0.2) is 4.79 Å². The van der Waals surface area contributed by atoms with E-state index in [1.165, 1.54) is 13.2 Å². The lowest BCUT2D eigenvalue weighted by molar-refractivity contribution is 0.0596. The first-order chi connectivity index (χ1) is 8.10. The van der Waals surface area contributed by atoms with Crippen LogP contribution in [0.4, 0.5) is 0 Å². The number of esters is 1. The molecule has 0 spiro atoms. The van der Waals surface area contributed by atoms with Gasteiger partial charge in [0.2, 0.25) is 0 Å². The maximum atomic E-state index is 11.4. The maximum absolute atomic E-state index is 11.4. The number of ether oxygens (including phenoxy) is 2. The van der Waals surface area contributed by atoms with E-state index in [2.05, 4.69) is 25.9 Å². The molecule has 0 aliphatic carbocycles. The number of halogens is 1. The predicted octanol–water partition coefficient (Wildman–Crippen LogP) is 2.95. The number of rotatable bonds is 5. The lowest BCUT2D eigenvalue weighted by Gasteiger charge is -2.10. The molecule has 0 aliphatic rings. The number of phenolic OH excluding ortho intramolecular Hbond substituents is 1. The summed E-state index contributed by atoms with van der Waals surface area (Å²) in [6.45, 7) is 2.29. The van der Waals surface area contributed by atoms with Gasteiger partial charge in [0.15, 0.2) is 0 Å². The molecule has 1 N–H and O–H groups in total. The first kappa shape index (κ1) is 14.4. The summed E-state index contributed by atoms with van der Waals surface area (Å²) in [5.74, 6) is 0.750. The monoisotopic (exact) mass is 368 g/mol. The number of methoxy groups -OCH3 is 1. The van der Waals surface area contributed by atoms with Crippen molar-refractivity contribution in [2.24, 2.45) is 0 Å². The van der Waals surface area contributed by atoms with Gasteiger partial charge in [0.1, 0.15) is 17.1 Å². The molecule has 0 amide bonds. The Kier molecular flexibility index (Phi) is 5.90. The highest BCUT2D eigenvalue weighted by molar-refractivity contribution is 14.2. The fourth-order valence-electron chi connectivity index (χ4n) is 1.38. The van der Waals surface area contributed by atoms with Crippen molar-refractivity contribution in [1.29, 1.82) is 0 Å². The zero-order chi connectivity index (χ0) is 12.8. The van der Waals surface area contributed by atoms with Crippen molar-refractivity contribution in [3.05, 3.63) is 23.3 Å². The topological polar surface area (TPSA) is 55.8 Å². The Labute approximate surface area is 116 Å². The van der Waals surface area contributed by atoms with E-state index in [0.717, 1.165) is 5.75 Å². The third kappa shape index (κ3) is 3.95. The number of carbonyl (C=O) groups is 1. The molecule has 0 radical (unpaired) electrons. The first-order valence-electron chi connectivity index (χ1n) is 4.88. The zero-order valence-electron chi connectivity index (χ0n) is 9.53. The van der Waals surface area contributed by atoms with E-state index in [4.69, 9.17) is 4.74 Å². The van der Waals surface area contributed by atoms with Crippen LogP contribution in [0.5, 0.6) is 11.5 Å². The summed E-state index contributed by atoms with van der Waals surface area (Å²) in [6, 6.07) is 3.14. The molecule has 1 rings (SSSR count). The number of aromatic hydroxyl groups is 1. The average Bonchev–Trinajstić information content (AvgIpc) is 2.28. The molecule has 94 valence electrons. The van der Waals surface area contributed by atoms with E-state index < -0.39 is 5.97 Å². The van der Waals surface area contributed by atoms with Gasteiger partial charge in [0.25, 0.3) is 0 Å². The molecule has 0 heterocycles. The normalized spacial score (nSPS) is 10.1. The quantitative estimate of drug-likeness (QED) is 0.492. The standard InChI is InChI=1S/C11H13IO4S/c1-7-5-8(16-3-4-17-12)6-9(13)10(7)11(14)15-2/h5-6,13H,3-4H2,1-2H3. The minimum Gasteiger partial charge on any atom is -0.507 e. The van der Waals surface area contributed by atoms with Gasteiger partial charge in [-0.2, -0.15) is 0 Å². The van der Waals surface area contributed by atoms with Crippen LogP contribution in [-0.2, 0) is 4.74 Å². The second kappa shape index (κ2) is 6.95. The van der Waals surface area contributed by atoms with Crippen LogP contribution in [0.2, 0.25) is 0 Å². The summed E-state index contributed by atoms with van der Waals surface area (Å²) < 4.78 is 10.0. The third-order valence-corrected chi connectivity index (χ3v) is 3.75. The van der Waals surface area contributed by atoms with Crippen LogP contribution in [0.1, 0.15) is 15.9 Å². The fourth-order valence-corrected chi connectivity index (χ4v) is 2.06. The van der Waals surface area contributed by atoms with E-state index >= 15 is 0 Å². The van der Waals surface area contributed by atoms with Gasteiger partial charge < -0.3 is 14.6 Å². The van der Waals surface area contributed by atoms with Crippen molar-refractivity contribution in [3.8, 4) is 11.5 Å². The Hall–Kier alpha value is -0.630. The van der Waals surface area contributed by atoms with Crippen molar-refractivity contribution in [1.82, 2.24) is 0 Å². The molecule has 6 heteroatoms. The van der Waals surface area contributed by atoms with Crippen LogP contribution in [0, 0.1) is 6.92 Å². The molecule has 0 atom stereocenters. The highest BCUT2D eigenvalue weighted by Crippen LogP contribution is 2.28. The smallest absolute Gasteiger partial charge is 0.341 e. The largest absolute Gasteiger partial charge is 0.507 e. The van der Waals surface area contributed by atoms with Gasteiger partial charge >= 0.3 is 5.97 Å². The molecule has 17 heavy (non-hydrogen) atoms. The predicted molar refractivity (Wildman–Crippen MR) is 76.2 cm³/mol. The van der Waals surface area contributed by atoms with Gasteiger partial charge in [0.05, 0.1) is 13.7 Å². The van der Waals surface area contributed by atoms with Crippen LogP contribution < -0.4 is 4.74 Å². The summed E-state index contributed by atoms with van der Waals surface area (Å²) in [4.78, 5) is 11.4. The van der Waals surface area contributed by atoms with E-state index in [1.807, 2.05) is 0 Å². The number of hydrogen-bond donors (Lipinski definition) is 1. The van der Waals surface area contributed by atoms with Crippen molar-refractivity contribution < 1.29 is 19.4 Å². The Morgan fingerprint density at radius 2 is 2.24 bits per heavy atom. The van der Waals surface area contributed by atoms with Gasteiger partial charge in [0, 0.05) is 11.8 Å². The number of aryl methyl sites for hydroxylation is 1. The van der Waals surface area contributed by atoms with Crippen molar-refractivity contribution >= 4 is 36.1 Å². The van der Waals surface area contributed by atoms with E-state index in [9.17, 15) is 9.90 Å². The molecule has 0 aliphatic heterocycles. The first-order valence-corrected chi connectivity index (χ1v) is 8.41. The summed E-state index contributed by atoms with van der Waals surface area (Å²) in [6.07, 6.45) is 0. The lowest BCUT2D eigenvalue weighted by atomic mass is 10.1. The molecule has 0 saturated heterocycles. The summed E-state index contributed by atoms with van der Waals surface area (Å²) in [5.41, 5.74) is 0.817. The Morgan fingerprint density at radius 3 is 2.76 bits per heavy atom.